The number of hydrogen-bond donors (Lipinski definition) is 1. The first-order chi connectivity index (χ1) is 8.49. The summed E-state index contributed by atoms with van der Waals surface area (Å²) in [6, 6.07) is 4.69. The topological polar surface area (TPSA) is 33.6 Å². The van der Waals surface area contributed by atoms with Crippen molar-refractivity contribution in [3.05, 3.63) is 34.4 Å². The molecular formula is C13H16FN3S. The number of halogens is 1. The molecule has 0 atom stereocenters. The second kappa shape index (κ2) is 5.02. The molecule has 1 aromatic carbocycles. The Kier molecular flexibility index (Phi) is 3.61. The maximum atomic E-state index is 13.1. The predicted molar refractivity (Wildman–Crippen MR) is 72.4 cm³/mol. The van der Waals surface area contributed by atoms with Gasteiger partial charge < -0.3 is 0 Å². The minimum Gasteiger partial charge on any atom is -0.300 e. The normalized spacial score (nSPS) is 11.2. The summed E-state index contributed by atoms with van der Waals surface area (Å²) in [6.07, 6.45) is 0. The Morgan fingerprint density at radius 2 is 2.17 bits per heavy atom. The maximum Gasteiger partial charge on any atom is 0.195 e. The van der Waals surface area contributed by atoms with Gasteiger partial charge in [-0.2, -0.15) is 5.10 Å². The van der Waals surface area contributed by atoms with Crippen molar-refractivity contribution in [2.75, 3.05) is 0 Å². The number of rotatable bonds is 3. The summed E-state index contributed by atoms with van der Waals surface area (Å²) in [4.78, 5) is 0. The highest BCUT2D eigenvalue weighted by molar-refractivity contribution is 7.71. The minimum absolute atomic E-state index is 0.235. The Morgan fingerprint density at radius 3 is 2.78 bits per heavy atom. The highest BCUT2D eigenvalue weighted by Crippen LogP contribution is 2.23. The van der Waals surface area contributed by atoms with E-state index >= 15 is 0 Å². The Bertz CT molecular complexity index is 613. The molecular weight excluding hydrogens is 249 g/mol. The first-order valence-corrected chi connectivity index (χ1v) is 6.31. The zero-order valence-corrected chi connectivity index (χ0v) is 11.5. The lowest BCUT2D eigenvalue weighted by Crippen LogP contribution is -2.07. The number of benzene rings is 1. The molecule has 0 aliphatic carbocycles. The van der Waals surface area contributed by atoms with Gasteiger partial charge in [-0.1, -0.05) is 13.8 Å². The molecule has 0 saturated carbocycles. The van der Waals surface area contributed by atoms with Gasteiger partial charge in [-0.15, -0.1) is 0 Å². The quantitative estimate of drug-likeness (QED) is 0.858. The molecule has 0 unspecified atom stereocenters. The molecule has 0 fully saturated rings. The first-order valence-electron chi connectivity index (χ1n) is 5.90. The molecule has 96 valence electrons. The van der Waals surface area contributed by atoms with Crippen LogP contribution in [0.1, 0.15) is 19.4 Å². The number of nitrogens with one attached hydrogen (secondary N) is 1. The molecule has 1 N–H and O–H groups in total. The standard InChI is InChI=1S/C13H16FN3S/c1-8(2)7-17-12(15-16-13(17)18)11-5-4-10(14)6-9(11)3/h4-6,8H,7H2,1-3H3,(H,16,18). The number of aromatic amines is 1. The second-order valence-corrected chi connectivity index (χ2v) is 5.20. The molecule has 0 amide bonds. The van der Waals surface area contributed by atoms with Crippen molar-refractivity contribution in [2.45, 2.75) is 27.3 Å². The van der Waals surface area contributed by atoms with Gasteiger partial charge in [0, 0.05) is 12.1 Å². The van der Waals surface area contributed by atoms with Crippen molar-refractivity contribution < 1.29 is 4.39 Å². The fraction of sp³-hybridized carbons (Fsp3) is 0.385. The van der Waals surface area contributed by atoms with Crippen LogP contribution in [0.15, 0.2) is 18.2 Å². The Morgan fingerprint density at radius 1 is 1.44 bits per heavy atom. The number of hydrogen-bond acceptors (Lipinski definition) is 2. The lowest BCUT2D eigenvalue weighted by molar-refractivity contribution is 0.521. The fourth-order valence-corrected chi connectivity index (χ4v) is 2.14. The van der Waals surface area contributed by atoms with E-state index in [1.165, 1.54) is 12.1 Å². The summed E-state index contributed by atoms with van der Waals surface area (Å²) in [7, 11) is 0. The molecule has 2 aromatic rings. The molecule has 1 heterocycles. The fourth-order valence-electron chi connectivity index (χ4n) is 1.94. The van der Waals surface area contributed by atoms with Crippen molar-refractivity contribution in [1.82, 2.24) is 14.8 Å². The second-order valence-electron chi connectivity index (χ2n) is 4.82. The van der Waals surface area contributed by atoms with E-state index in [2.05, 4.69) is 24.0 Å². The average Bonchev–Trinajstić information content (AvgIpc) is 2.60. The smallest absolute Gasteiger partial charge is 0.195 e. The van der Waals surface area contributed by atoms with Crippen LogP contribution in [-0.4, -0.2) is 14.8 Å². The Labute approximate surface area is 111 Å². The summed E-state index contributed by atoms with van der Waals surface area (Å²) in [5, 5.41) is 7.06. The molecule has 5 heteroatoms. The maximum absolute atomic E-state index is 13.1. The molecule has 0 spiro atoms. The molecule has 3 nitrogen and oxygen atoms in total. The van der Waals surface area contributed by atoms with Crippen LogP contribution in [0.4, 0.5) is 4.39 Å². The van der Waals surface area contributed by atoms with Crippen molar-refractivity contribution in [1.29, 1.82) is 0 Å². The average molecular weight is 265 g/mol. The summed E-state index contributed by atoms with van der Waals surface area (Å²) in [6.45, 7) is 6.91. The summed E-state index contributed by atoms with van der Waals surface area (Å²) < 4.78 is 15.7. The lowest BCUT2D eigenvalue weighted by Gasteiger charge is -2.11. The van der Waals surface area contributed by atoms with Gasteiger partial charge in [0.25, 0.3) is 0 Å². The van der Waals surface area contributed by atoms with Crippen LogP contribution >= 0.6 is 12.2 Å². The van der Waals surface area contributed by atoms with Gasteiger partial charge in [0.1, 0.15) is 5.82 Å². The third kappa shape index (κ3) is 2.51. The molecule has 0 radical (unpaired) electrons. The number of aromatic nitrogens is 3. The molecule has 0 aliphatic heterocycles. The highest BCUT2D eigenvalue weighted by atomic mass is 32.1. The summed E-state index contributed by atoms with van der Waals surface area (Å²) in [5.74, 6) is 1.00. The van der Waals surface area contributed by atoms with Gasteiger partial charge in [-0.3, -0.25) is 9.67 Å². The van der Waals surface area contributed by atoms with E-state index in [0.29, 0.717) is 10.7 Å². The van der Waals surface area contributed by atoms with Crippen molar-refractivity contribution >= 4 is 12.2 Å². The molecule has 0 bridgehead atoms. The molecule has 2 rings (SSSR count). The number of nitrogens with zero attached hydrogens (tertiary/aromatic N) is 2. The van der Waals surface area contributed by atoms with Crippen molar-refractivity contribution in [2.24, 2.45) is 5.92 Å². The van der Waals surface area contributed by atoms with E-state index < -0.39 is 0 Å². The van der Waals surface area contributed by atoms with E-state index in [-0.39, 0.29) is 5.82 Å². The largest absolute Gasteiger partial charge is 0.300 e. The van der Waals surface area contributed by atoms with Gasteiger partial charge in [-0.25, -0.2) is 4.39 Å². The summed E-state index contributed by atoms with van der Waals surface area (Å²) >= 11 is 5.23. The minimum atomic E-state index is -0.235. The van der Waals surface area contributed by atoms with Gasteiger partial charge >= 0.3 is 0 Å². The van der Waals surface area contributed by atoms with Crippen LogP contribution in [0.3, 0.4) is 0 Å². The van der Waals surface area contributed by atoms with Gasteiger partial charge in [-0.05, 0) is 48.8 Å². The van der Waals surface area contributed by atoms with Gasteiger partial charge in [0.05, 0.1) is 0 Å². The Hall–Kier alpha value is -1.49. The van der Waals surface area contributed by atoms with Crippen molar-refractivity contribution in [3.8, 4) is 11.4 Å². The Balaban J connectivity index is 2.54. The molecule has 0 aliphatic rings. The van der Waals surface area contributed by atoms with E-state index in [4.69, 9.17) is 12.2 Å². The first kappa shape index (κ1) is 13.0. The van der Waals surface area contributed by atoms with Crippen molar-refractivity contribution in [3.63, 3.8) is 0 Å². The van der Waals surface area contributed by atoms with Crippen LogP contribution in [0.2, 0.25) is 0 Å². The zero-order valence-electron chi connectivity index (χ0n) is 10.7. The number of H-pyrrole nitrogens is 1. The van der Waals surface area contributed by atoms with Crippen LogP contribution in [0, 0.1) is 23.4 Å². The third-order valence-corrected chi connectivity index (χ3v) is 3.05. The van der Waals surface area contributed by atoms with Crippen LogP contribution < -0.4 is 0 Å². The van der Waals surface area contributed by atoms with Crippen LogP contribution in [0.25, 0.3) is 11.4 Å². The summed E-state index contributed by atoms with van der Waals surface area (Å²) in [5.41, 5.74) is 1.76. The van der Waals surface area contributed by atoms with Crippen LogP contribution in [0.5, 0.6) is 0 Å². The lowest BCUT2D eigenvalue weighted by atomic mass is 10.1. The van der Waals surface area contributed by atoms with E-state index in [9.17, 15) is 4.39 Å². The number of aryl methyl sites for hydroxylation is 1. The molecule has 1 aromatic heterocycles. The monoisotopic (exact) mass is 265 g/mol. The van der Waals surface area contributed by atoms with Crippen LogP contribution in [-0.2, 0) is 6.54 Å². The van der Waals surface area contributed by atoms with Gasteiger partial charge in [0.15, 0.2) is 10.6 Å². The predicted octanol–water partition coefficient (Wildman–Crippen LogP) is 3.71. The van der Waals surface area contributed by atoms with E-state index in [1.807, 2.05) is 11.5 Å². The third-order valence-electron chi connectivity index (χ3n) is 2.74. The SMILES string of the molecule is Cc1cc(F)ccc1-c1n[nH]c(=S)n1CC(C)C. The zero-order chi connectivity index (χ0) is 13.3. The van der Waals surface area contributed by atoms with Gasteiger partial charge in [0.2, 0.25) is 0 Å². The molecule has 18 heavy (non-hydrogen) atoms. The van der Waals surface area contributed by atoms with E-state index in [0.717, 1.165) is 23.5 Å². The molecule has 0 saturated heterocycles. The highest BCUT2D eigenvalue weighted by Gasteiger charge is 2.12. The van der Waals surface area contributed by atoms with E-state index in [1.54, 1.807) is 6.07 Å².